The third-order valence-electron chi connectivity index (χ3n) is 2.12. The van der Waals surface area contributed by atoms with Gasteiger partial charge in [-0.1, -0.05) is 0 Å². The molecule has 0 saturated heterocycles. The number of carbonyl (C=O) groups is 1. The molecule has 1 amide bonds. The minimum absolute atomic E-state index is 0.0141. The van der Waals surface area contributed by atoms with E-state index in [1.165, 1.54) is 25.1 Å². The number of hydrogen-bond acceptors (Lipinski definition) is 4. The van der Waals surface area contributed by atoms with Crippen LogP contribution >= 0.6 is 0 Å². The molecule has 1 atom stereocenters. The molecular weight excluding hydrogens is 234 g/mol. The maximum Gasteiger partial charge on any atom is 0.412 e. The molecule has 0 aromatic heterocycles. The number of hydrogen-bond donors (Lipinski definition) is 3. The summed E-state index contributed by atoms with van der Waals surface area (Å²) >= 11 is 0. The molecule has 100 valence electrons. The highest BCUT2D eigenvalue weighted by Crippen LogP contribution is 2.27. The van der Waals surface area contributed by atoms with E-state index in [9.17, 15) is 15.0 Å². The molecule has 0 radical (unpaired) electrons. The Hall–Kier alpha value is -1.75. The Bertz CT molecular complexity index is 435. The van der Waals surface area contributed by atoms with Crippen LogP contribution in [0.4, 0.5) is 10.5 Å². The molecule has 0 aliphatic carbocycles. The largest absolute Gasteiger partial charge is 0.508 e. The smallest absolute Gasteiger partial charge is 0.412 e. The molecule has 5 nitrogen and oxygen atoms in total. The highest BCUT2D eigenvalue weighted by atomic mass is 16.6. The summed E-state index contributed by atoms with van der Waals surface area (Å²) in [7, 11) is 0. The van der Waals surface area contributed by atoms with Crippen LogP contribution < -0.4 is 5.32 Å². The SMILES string of the molecule is C[C@H](O)c1cc(NC(=O)OC(C)(C)C)ccc1O. The fourth-order valence-corrected chi connectivity index (χ4v) is 1.39. The summed E-state index contributed by atoms with van der Waals surface area (Å²) in [5.74, 6) is -0.0141. The first kappa shape index (κ1) is 14.3. The monoisotopic (exact) mass is 253 g/mol. The number of rotatable bonds is 2. The molecule has 0 heterocycles. The van der Waals surface area contributed by atoms with Crippen molar-refractivity contribution in [3.8, 4) is 5.75 Å². The average molecular weight is 253 g/mol. The molecule has 0 bridgehead atoms. The van der Waals surface area contributed by atoms with E-state index in [1.807, 2.05) is 0 Å². The topological polar surface area (TPSA) is 78.8 Å². The van der Waals surface area contributed by atoms with Crippen LogP contribution in [0.3, 0.4) is 0 Å². The number of aliphatic hydroxyl groups excluding tert-OH is 1. The number of aromatic hydroxyl groups is 1. The number of phenolic OH excluding ortho intramolecular Hbond substituents is 1. The molecule has 0 spiro atoms. The third kappa shape index (κ3) is 4.25. The van der Waals surface area contributed by atoms with E-state index in [2.05, 4.69) is 5.32 Å². The Labute approximate surface area is 106 Å². The van der Waals surface area contributed by atoms with Crippen molar-refractivity contribution < 1.29 is 19.7 Å². The number of anilines is 1. The lowest BCUT2D eigenvalue weighted by Gasteiger charge is -2.20. The lowest BCUT2D eigenvalue weighted by atomic mass is 10.1. The van der Waals surface area contributed by atoms with Gasteiger partial charge in [0.05, 0.1) is 6.10 Å². The van der Waals surface area contributed by atoms with Crippen molar-refractivity contribution in [1.82, 2.24) is 0 Å². The first-order chi connectivity index (χ1) is 8.19. The Morgan fingerprint density at radius 1 is 1.39 bits per heavy atom. The van der Waals surface area contributed by atoms with Crippen molar-refractivity contribution in [2.45, 2.75) is 39.4 Å². The summed E-state index contributed by atoms with van der Waals surface area (Å²) in [6.07, 6.45) is -1.39. The minimum atomic E-state index is -0.814. The van der Waals surface area contributed by atoms with Crippen LogP contribution in [0.15, 0.2) is 18.2 Å². The predicted octanol–water partition coefficient (Wildman–Crippen LogP) is 2.79. The molecule has 0 aliphatic heterocycles. The molecular formula is C13H19NO4. The van der Waals surface area contributed by atoms with E-state index in [-0.39, 0.29) is 5.75 Å². The van der Waals surface area contributed by atoms with Crippen molar-refractivity contribution in [1.29, 1.82) is 0 Å². The summed E-state index contributed by atoms with van der Waals surface area (Å²) in [6, 6.07) is 4.45. The zero-order valence-corrected chi connectivity index (χ0v) is 11.0. The van der Waals surface area contributed by atoms with Gasteiger partial charge in [0.2, 0.25) is 0 Å². The Kier molecular flexibility index (Phi) is 4.19. The van der Waals surface area contributed by atoms with Crippen LogP contribution in [0.25, 0.3) is 0 Å². The van der Waals surface area contributed by atoms with Crippen LogP contribution in [-0.4, -0.2) is 21.9 Å². The van der Waals surface area contributed by atoms with Crippen LogP contribution in [0.5, 0.6) is 5.75 Å². The van der Waals surface area contributed by atoms with Crippen molar-refractivity contribution in [2.24, 2.45) is 0 Å². The fourth-order valence-electron chi connectivity index (χ4n) is 1.39. The molecule has 0 fully saturated rings. The van der Waals surface area contributed by atoms with Gasteiger partial charge in [-0.05, 0) is 45.9 Å². The number of benzene rings is 1. The second kappa shape index (κ2) is 5.27. The first-order valence-electron chi connectivity index (χ1n) is 5.70. The summed E-state index contributed by atoms with van der Waals surface area (Å²) in [4.78, 5) is 11.5. The van der Waals surface area contributed by atoms with E-state index < -0.39 is 17.8 Å². The van der Waals surface area contributed by atoms with Gasteiger partial charge in [-0.3, -0.25) is 5.32 Å². The van der Waals surface area contributed by atoms with Crippen LogP contribution in [0.1, 0.15) is 39.4 Å². The van der Waals surface area contributed by atoms with E-state index in [4.69, 9.17) is 4.74 Å². The lowest BCUT2D eigenvalue weighted by molar-refractivity contribution is 0.0635. The van der Waals surface area contributed by atoms with E-state index in [1.54, 1.807) is 20.8 Å². The normalized spacial score (nSPS) is 12.9. The second-order valence-electron chi connectivity index (χ2n) is 5.08. The van der Waals surface area contributed by atoms with Crippen LogP contribution in [-0.2, 0) is 4.74 Å². The molecule has 1 aromatic carbocycles. The van der Waals surface area contributed by atoms with Crippen LogP contribution in [0, 0.1) is 0 Å². The van der Waals surface area contributed by atoms with Gasteiger partial charge in [0.25, 0.3) is 0 Å². The van der Waals surface area contributed by atoms with Gasteiger partial charge >= 0.3 is 6.09 Å². The standard InChI is InChI=1S/C13H19NO4/c1-8(15)10-7-9(5-6-11(10)16)14-12(17)18-13(2,3)4/h5-8,15-16H,1-4H3,(H,14,17)/t8-/m0/s1. The summed E-state index contributed by atoms with van der Waals surface area (Å²) in [6.45, 7) is 6.84. The summed E-state index contributed by atoms with van der Waals surface area (Å²) in [5.41, 5.74) is 0.232. The number of ether oxygens (including phenoxy) is 1. The van der Waals surface area contributed by atoms with Crippen molar-refractivity contribution in [3.63, 3.8) is 0 Å². The van der Waals surface area contributed by atoms with E-state index >= 15 is 0 Å². The zero-order valence-electron chi connectivity index (χ0n) is 11.0. The number of phenols is 1. The van der Waals surface area contributed by atoms with Gasteiger partial charge in [-0.25, -0.2) is 4.79 Å². The number of carbonyl (C=O) groups excluding carboxylic acids is 1. The van der Waals surface area contributed by atoms with Gasteiger partial charge in [0.1, 0.15) is 11.4 Å². The Balaban J connectivity index is 2.80. The second-order valence-corrected chi connectivity index (χ2v) is 5.08. The van der Waals surface area contributed by atoms with Gasteiger partial charge in [-0.15, -0.1) is 0 Å². The zero-order chi connectivity index (χ0) is 13.9. The minimum Gasteiger partial charge on any atom is -0.508 e. The van der Waals surface area contributed by atoms with Crippen LogP contribution in [0.2, 0.25) is 0 Å². The molecule has 0 saturated carbocycles. The maximum absolute atomic E-state index is 11.5. The third-order valence-corrected chi connectivity index (χ3v) is 2.12. The maximum atomic E-state index is 11.5. The summed E-state index contributed by atoms with van der Waals surface area (Å²) < 4.78 is 5.10. The number of aliphatic hydroxyl groups is 1. The van der Waals surface area contributed by atoms with E-state index in [0.717, 1.165) is 0 Å². The summed E-state index contributed by atoms with van der Waals surface area (Å²) in [5, 5.41) is 21.5. The molecule has 3 N–H and O–H groups in total. The van der Waals surface area contributed by atoms with E-state index in [0.29, 0.717) is 11.3 Å². The van der Waals surface area contributed by atoms with Gasteiger partial charge < -0.3 is 14.9 Å². The molecule has 5 heteroatoms. The number of amides is 1. The quantitative estimate of drug-likeness (QED) is 0.708. The van der Waals surface area contributed by atoms with Gasteiger partial charge in [-0.2, -0.15) is 0 Å². The van der Waals surface area contributed by atoms with Crippen molar-refractivity contribution >= 4 is 11.8 Å². The molecule has 18 heavy (non-hydrogen) atoms. The number of nitrogens with one attached hydrogen (secondary N) is 1. The highest BCUT2D eigenvalue weighted by Gasteiger charge is 2.17. The van der Waals surface area contributed by atoms with Gasteiger partial charge in [0.15, 0.2) is 0 Å². The van der Waals surface area contributed by atoms with Crippen molar-refractivity contribution in [2.75, 3.05) is 5.32 Å². The Morgan fingerprint density at radius 2 is 2.00 bits per heavy atom. The molecule has 0 unspecified atom stereocenters. The average Bonchev–Trinajstić information content (AvgIpc) is 2.17. The fraction of sp³-hybridized carbons (Fsp3) is 0.462. The first-order valence-corrected chi connectivity index (χ1v) is 5.70. The molecule has 0 aliphatic rings. The molecule has 1 rings (SSSR count). The van der Waals surface area contributed by atoms with Crippen molar-refractivity contribution in [3.05, 3.63) is 23.8 Å². The highest BCUT2D eigenvalue weighted by molar-refractivity contribution is 5.85. The predicted molar refractivity (Wildman–Crippen MR) is 68.6 cm³/mol. The Morgan fingerprint density at radius 3 is 2.50 bits per heavy atom. The molecule has 1 aromatic rings. The lowest BCUT2D eigenvalue weighted by Crippen LogP contribution is -2.27. The van der Waals surface area contributed by atoms with Gasteiger partial charge in [0, 0.05) is 11.3 Å².